The number of likely N-dealkylation sites (tertiary alicyclic amines) is 1. The maximum atomic E-state index is 12.7. The lowest BCUT2D eigenvalue weighted by Crippen LogP contribution is -2.38. The largest absolute Gasteiger partial charge is 0.340 e. The molecule has 1 unspecified atom stereocenters. The van der Waals surface area contributed by atoms with Gasteiger partial charge in [-0.2, -0.15) is 5.10 Å². The molecule has 6 nitrogen and oxygen atoms in total. The quantitative estimate of drug-likeness (QED) is 0.652. The first-order valence-electron chi connectivity index (χ1n) is 9.76. The van der Waals surface area contributed by atoms with Gasteiger partial charge < -0.3 is 9.80 Å². The lowest BCUT2D eigenvalue weighted by molar-refractivity contribution is -0.137. The van der Waals surface area contributed by atoms with E-state index >= 15 is 0 Å². The van der Waals surface area contributed by atoms with Gasteiger partial charge in [0.25, 0.3) is 0 Å². The van der Waals surface area contributed by atoms with Crippen LogP contribution < -0.4 is 0 Å². The fraction of sp³-hybridized carbons (Fsp3) is 0.261. The van der Waals surface area contributed by atoms with Crippen LogP contribution >= 0.6 is 0 Å². The summed E-state index contributed by atoms with van der Waals surface area (Å²) in [6, 6.07) is 19.9. The van der Waals surface area contributed by atoms with Crippen molar-refractivity contribution < 1.29 is 9.59 Å². The molecule has 29 heavy (non-hydrogen) atoms. The van der Waals surface area contributed by atoms with Gasteiger partial charge in [0, 0.05) is 44.9 Å². The summed E-state index contributed by atoms with van der Waals surface area (Å²) in [6.07, 6.45) is 4.10. The van der Waals surface area contributed by atoms with Crippen LogP contribution in [0.4, 0.5) is 0 Å². The number of nitrogens with zero attached hydrogens (tertiary/aromatic N) is 4. The topological polar surface area (TPSA) is 58.4 Å². The van der Waals surface area contributed by atoms with Crippen LogP contribution in [0.15, 0.2) is 73.1 Å². The molecule has 3 aromatic rings. The molecule has 0 spiro atoms. The third kappa shape index (κ3) is 4.37. The summed E-state index contributed by atoms with van der Waals surface area (Å²) in [5.74, 6) is 0.157. The average Bonchev–Trinajstić information content (AvgIpc) is 3.40. The Balaban J connectivity index is 1.33. The first-order chi connectivity index (χ1) is 14.1. The average molecular weight is 388 g/mol. The molecule has 0 radical (unpaired) electrons. The molecule has 2 aromatic carbocycles. The summed E-state index contributed by atoms with van der Waals surface area (Å²) >= 11 is 0. The van der Waals surface area contributed by atoms with Crippen molar-refractivity contribution in [1.82, 2.24) is 19.6 Å². The monoisotopic (exact) mass is 388 g/mol. The number of rotatable bonds is 6. The van der Waals surface area contributed by atoms with Gasteiger partial charge in [0.15, 0.2) is 0 Å². The molecule has 1 saturated heterocycles. The summed E-state index contributed by atoms with van der Waals surface area (Å²) in [6.45, 7) is 1.23. The zero-order valence-electron chi connectivity index (χ0n) is 16.4. The predicted molar refractivity (Wildman–Crippen MR) is 110 cm³/mol. The standard InChI is InChI=1S/C23H24N4O2/c1-25(15-18-8-10-21(11-9-18)27-13-5-12-24-27)23(29)17-26-16-20(14-22(26)28)19-6-3-2-4-7-19/h2-13,20H,14-17H2,1H3. The van der Waals surface area contributed by atoms with Crippen LogP contribution in [0.5, 0.6) is 0 Å². The molecular formula is C23H24N4O2. The van der Waals surface area contributed by atoms with Gasteiger partial charge in [-0.15, -0.1) is 0 Å². The Kier molecular flexibility index (Phi) is 5.42. The van der Waals surface area contributed by atoms with E-state index in [2.05, 4.69) is 5.10 Å². The van der Waals surface area contributed by atoms with Crippen molar-refractivity contribution in [3.05, 3.63) is 84.2 Å². The van der Waals surface area contributed by atoms with E-state index in [9.17, 15) is 9.59 Å². The van der Waals surface area contributed by atoms with Crippen molar-refractivity contribution in [2.24, 2.45) is 0 Å². The Morgan fingerprint density at radius 2 is 1.86 bits per heavy atom. The lowest BCUT2D eigenvalue weighted by Gasteiger charge is -2.22. The minimum Gasteiger partial charge on any atom is -0.340 e. The summed E-state index contributed by atoms with van der Waals surface area (Å²) in [7, 11) is 1.78. The molecule has 0 aliphatic carbocycles. The van der Waals surface area contributed by atoms with Gasteiger partial charge in [-0.1, -0.05) is 42.5 Å². The summed E-state index contributed by atoms with van der Waals surface area (Å²) < 4.78 is 1.79. The van der Waals surface area contributed by atoms with E-state index in [0.717, 1.165) is 16.8 Å². The number of hydrogen-bond acceptors (Lipinski definition) is 3. The summed E-state index contributed by atoms with van der Waals surface area (Å²) in [4.78, 5) is 28.4. The third-order valence-corrected chi connectivity index (χ3v) is 5.36. The molecule has 2 heterocycles. The van der Waals surface area contributed by atoms with Gasteiger partial charge in [0.2, 0.25) is 11.8 Å². The van der Waals surface area contributed by atoms with Gasteiger partial charge in [-0.3, -0.25) is 9.59 Å². The molecule has 1 aliphatic rings. The minimum absolute atomic E-state index is 0.0455. The highest BCUT2D eigenvalue weighted by molar-refractivity contribution is 5.86. The number of benzene rings is 2. The van der Waals surface area contributed by atoms with Crippen molar-refractivity contribution in [1.29, 1.82) is 0 Å². The molecule has 148 valence electrons. The highest BCUT2D eigenvalue weighted by atomic mass is 16.2. The van der Waals surface area contributed by atoms with Gasteiger partial charge in [0.1, 0.15) is 0 Å². The molecule has 0 saturated carbocycles. The van der Waals surface area contributed by atoms with Crippen molar-refractivity contribution in [2.45, 2.75) is 18.9 Å². The van der Waals surface area contributed by atoms with Crippen LogP contribution in [0.25, 0.3) is 5.69 Å². The second-order valence-electron chi connectivity index (χ2n) is 7.45. The smallest absolute Gasteiger partial charge is 0.242 e. The first-order valence-corrected chi connectivity index (χ1v) is 9.76. The van der Waals surface area contributed by atoms with Crippen LogP contribution in [0, 0.1) is 0 Å². The van der Waals surface area contributed by atoms with Crippen molar-refractivity contribution >= 4 is 11.8 Å². The van der Waals surface area contributed by atoms with Gasteiger partial charge >= 0.3 is 0 Å². The van der Waals surface area contributed by atoms with E-state index in [-0.39, 0.29) is 24.3 Å². The van der Waals surface area contributed by atoms with Crippen LogP contribution in [0.3, 0.4) is 0 Å². The molecule has 0 bridgehead atoms. The second kappa shape index (κ2) is 8.31. The van der Waals surface area contributed by atoms with Crippen molar-refractivity contribution in [3.63, 3.8) is 0 Å². The number of hydrogen-bond donors (Lipinski definition) is 0. The Morgan fingerprint density at radius 3 is 2.55 bits per heavy atom. The second-order valence-corrected chi connectivity index (χ2v) is 7.45. The Labute approximate surface area is 170 Å². The Morgan fingerprint density at radius 1 is 1.10 bits per heavy atom. The maximum Gasteiger partial charge on any atom is 0.242 e. The number of likely N-dealkylation sites (N-methyl/N-ethyl adjacent to an activating group) is 1. The minimum atomic E-state index is -0.0526. The SMILES string of the molecule is CN(Cc1ccc(-n2cccn2)cc1)C(=O)CN1CC(c2ccccc2)CC1=O. The molecule has 4 rings (SSSR count). The highest BCUT2D eigenvalue weighted by Gasteiger charge is 2.32. The highest BCUT2D eigenvalue weighted by Crippen LogP contribution is 2.27. The fourth-order valence-corrected chi connectivity index (χ4v) is 3.70. The molecule has 1 fully saturated rings. The van der Waals surface area contributed by atoms with Crippen LogP contribution in [-0.2, 0) is 16.1 Å². The van der Waals surface area contributed by atoms with Crippen molar-refractivity contribution in [3.8, 4) is 5.69 Å². The van der Waals surface area contributed by atoms with Gasteiger partial charge in [0.05, 0.1) is 12.2 Å². The zero-order chi connectivity index (χ0) is 20.2. The molecule has 1 aromatic heterocycles. The van der Waals surface area contributed by atoms with Crippen LogP contribution in [0.2, 0.25) is 0 Å². The zero-order valence-corrected chi connectivity index (χ0v) is 16.4. The van der Waals surface area contributed by atoms with E-state index in [1.807, 2.05) is 66.9 Å². The van der Waals surface area contributed by atoms with Crippen LogP contribution in [0.1, 0.15) is 23.5 Å². The van der Waals surface area contributed by atoms with E-state index in [0.29, 0.717) is 19.5 Å². The van der Waals surface area contributed by atoms with E-state index < -0.39 is 0 Å². The lowest BCUT2D eigenvalue weighted by atomic mass is 9.99. The molecule has 0 N–H and O–H groups in total. The van der Waals surface area contributed by atoms with E-state index in [1.165, 1.54) is 0 Å². The van der Waals surface area contributed by atoms with Crippen molar-refractivity contribution in [2.75, 3.05) is 20.1 Å². The van der Waals surface area contributed by atoms with E-state index in [4.69, 9.17) is 0 Å². The molecule has 6 heteroatoms. The number of carbonyl (C=O) groups excluding carboxylic acids is 2. The normalized spacial score (nSPS) is 16.2. The summed E-state index contributed by atoms with van der Waals surface area (Å²) in [5.41, 5.74) is 3.16. The van der Waals surface area contributed by atoms with Crippen LogP contribution in [-0.4, -0.2) is 51.5 Å². The fourth-order valence-electron chi connectivity index (χ4n) is 3.70. The molecule has 2 amide bonds. The third-order valence-electron chi connectivity index (χ3n) is 5.36. The maximum absolute atomic E-state index is 12.7. The molecule has 1 atom stereocenters. The number of aromatic nitrogens is 2. The number of amides is 2. The van der Waals surface area contributed by atoms with Gasteiger partial charge in [-0.05, 0) is 29.3 Å². The number of carbonyl (C=O) groups is 2. The Bertz CT molecular complexity index is 968. The van der Waals surface area contributed by atoms with Gasteiger partial charge in [-0.25, -0.2) is 4.68 Å². The summed E-state index contributed by atoms with van der Waals surface area (Å²) in [5, 5.41) is 4.21. The predicted octanol–water partition coefficient (Wildman–Crippen LogP) is 2.85. The first kappa shape index (κ1) is 18.9. The molecule has 1 aliphatic heterocycles. The Hall–Kier alpha value is -3.41. The molecular weight excluding hydrogens is 364 g/mol. The van der Waals surface area contributed by atoms with E-state index in [1.54, 1.807) is 27.7 Å².